The van der Waals surface area contributed by atoms with Gasteiger partial charge in [0.25, 0.3) is 0 Å². The van der Waals surface area contributed by atoms with E-state index in [1.165, 1.54) is 12.1 Å². The molecule has 30 heavy (non-hydrogen) atoms. The molecule has 0 aliphatic carbocycles. The van der Waals surface area contributed by atoms with Gasteiger partial charge in [0.1, 0.15) is 11.6 Å². The number of halogens is 2. The number of hydrogen-bond acceptors (Lipinski definition) is 5. The van der Waals surface area contributed by atoms with E-state index in [1.807, 2.05) is 6.07 Å². The third-order valence-electron chi connectivity index (χ3n) is 4.19. The standard InChI is InChI=1S/C20H12BrFN2O5S/c21-15-16(29-8-14(25)26)18(20(27)28)30-17(15)9-2-1-3-10(6-9)19-23-12-5-4-11(22)7-13(12)24-19/h1-7H,8H2,(H,23,24)(H,25,26)(H,27,28). The molecule has 3 N–H and O–H groups in total. The van der Waals surface area contributed by atoms with Crippen LogP contribution < -0.4 is 4.74 Å². The molecular weight excluding hydrogens is 479 g/mol. The Kier molecular flexibility index (Phi) is 5.27. The van der Waals surface area contributed by atoms with E-state index in [9.17, 15) is 19.1 Å². The number of rotatable bonds is 6. The average Bonchev–Trinajstić information content (AvgIpc) is 3.27. The van der Waals surface area contributed by atoms with Crippen molar-refractivity contribution in [2.24, 2.45) is 0 Å². The number of benzene rings is 2. The van der Waals surface area contributed by atoms with E-state index in [4.69, 9.17) is 9.84 Å². The molecule has 2 aromatic heterocycles. The summed E-state index contributed by atoms with van der Waals surface area (Å²) in [6, 6.07) is 11.5. The average molecular weight is 491 g/mol. The number of nitrogens with one attached hydrogen (secondary N) is 1. The number of thiophene rings is 1. The highest BCUT2D eigenvalue weighted by Crippen LogP contribution is 2.46. The Morgan fingerprint density at radius 3 is 2.67 bits per heavy atom. The number of aromatic nitrogens is 2. The molecular formula is C20H12BrFN2O5S. The Labute approximate surface area is 180 Å². The number of carbonyl (C=O) groups is 2. The molecule has 4 rings (SSSR count). The maximum absolute atomic E-state index is 13.4. The molecule has 0 radical (unpaired) electrons. The number of aliphatic carboxylic acids is 1. The van der Waals surface area contributed by atoms with E-state index >= 15 is 0 Å². The lowest BCUT2D eigenvalue weighted by Gasteiger charge is -2.04. The summed E-state index contributed by atoms with van der Waals surface area (Å²) in [5, 5.41) is 18.3. The fourth-order valence-corrected chi connectivity index (χ4v) is 4.80. The maximum Gasteiger partial charge on any atom is 0.349 e. The molecule has 152 valence electrons. The Hall–Kier alpha value is -3.24. The van der Waals surface area contributed by atoms with Gasteiger partial charge in [-0.05, 0) is 39.7 Å². The van der Waals surface area contributed by atoms with Crippen molar-refractivity contribution in [3.8, 4) is 27.6 Å². The Balaban J connectivity index is 1.77. The van der Waals surface area contributed by atoms with Crippen molar-refractivity contribution in [1.82, 2.24) is 9.97 Å². The van der Waals surface area contributed by atoms with Crippen LogP contribution in [0.1, 0.15) is 9.67 Å². The minimum atomic E-state index is -1.22. The van der Waals surface area contributed by atoms with E-state index in [0.717, 1.165) is 11.3 Å². The normalized spacial score (nSPS) is 11.0. The number of imidazole rings is 1. The summed E-state index contributed by atoms with van der Waals surface area (Å²) in [7, 11) is 0. The first-order valence-electron chi connectivity index (χ1n) is 8.49. The van der Waals surface area contributed by atoms with Gasteiger partial charge in [0.05, 0.1) is 20.4 Å². The van der Waals surface area contributed by atoms with Gasteiger partial charge in [-0.3, -0.25) is 0 Å². The van der Waals surface area contributed by atoms with Crippen molar-refractivity contribution in [3.63, 3.8) is 0 Å². The highest BCUT2D eigenvalue weighted by Gasteiger charge is 2.24. The van der Waals surface area contributed by atoms with E-state index < -0.39 is 18.5 Å². The summed E-state index contributed by atoms with van der Waals surface area (Å²) >= 11 is 4.30. The van der Waals surface area contributed by atoms with Crippen LogP contribution in [0.4, 0.5) is 4.39 Å². The second-order valence-corrected chi connectivity index (χ2v) is 8.03. The van der Waals surface area contributed by atoms with Crippen molar-refractivity contribution < 1.29 is 28.9 Å². The number of H-pyrrole nitrogens is 1. The zero-order valence-electron chi connectivity index (χ0n) is 15.0. The quantitative estimate of drug-likeness (QED) is 0.349. The molecule has 2 aromatic carbocycles. The number of aromatic amines is 1. The predicted molar refractivity (Wildman–Crippen MR) is 113 cm³/mol. The molecule has 4 aromatic rings. The van der Waals surface area contributed by atoms with Crippen molar-refractivity contribution >= 4 is 50.2 Å². The number of ether oxygens (including phenoxy) is 1. The Morgan fingerprint density at radius 1 is 1.17 bits per heavy atom. The van der Waals surface area contributed by atoms with Crippen LogP contribution in [0.15, 0.2) is 46.9 Å². The minimum absolute atomic E-state index is 0.0329. The molecule has 0 aliphatic rings. The van der Waals surface area contributed by atoms with Crippen molar-refractivity contribution in [3.05, 3.63) is 57.6 Å². The van der Waals surface area contributed by atoms with Crippen LogP contribution in [0.3, 0.4) is 0 Å². The van der Waals surface area contributed by atoms with Crippen molar-refractivity contribution in [2.45, 2.75) is 0 Å². The lowest BCUT2D eigenvalue weighted by Crippen LogP contribution is -2.11. The number of fused-ring (bicyclic) bond motifs is 1. The largest absolute Gasteiger partial charge is 0.479 e. The van der Waals surface area contributed by atoms with Crippen LogP contribution in [0, 0.1) is 5.82 Å². The first-order chi connectivity index (χ1) is 14.3. The molecule has 0 aliphatic heterocycles. The van der Waals surface area contributed by atoms with Crippen LogP contribution in [-0.2, 0) is 4.79 Å². The maximum atomic E-state index is 13.4. The molecule has 0 saturated carbocycles. The first-order valence-corrected chi connectivity index (χ1v) is 10.1. The highest BCUT2D eigenvalue weighted by molar-refractivity contribution is 9.10. The van der Waals surface area contributed by atoms with E-state index in [-0.39, 0.29) is 16.4 Å². The van der Waals surface area contributed by atoms with Gasteiger partial charge < -0.3 is 19.9 Å². The highest BCUT2D eigenvalue weighted by atomic mass is 79.9. The Bertz CT molecular complexity index is 1300. The molecule has 2 heterocycles. The van der Waals surface area contributed by atoms with Gasteiger partial charge in [0.2, 0.25) is 0 Å². The van der Waals surface area contributed by atoms with E-state index in [0.29, 0.717) is 37.3 Å². The summed E-state index contributed by atoms with van der Waals surface area (Å²) in [6.07, 6.45) is 0. The monoisotopic (exact) mass is 490 g/mol. The van der Waals surface area contributed by atoms with Crippen molar-refractivity contribution in [2.75, 3.05) is 6.61 Å². The molecule has 10 heteroatoms. The van der Waals surface area contributed by atoms with Crippen LogP contribution >= 0.6 is 27.3 Å². The van der Waals surface area contributed by atoms with Gasteiger partial charge in [-0.2, -0.15) is 0 Å². The molecule has 7 nitrogen and oxygen atoms in total. The molecule has 0 saturated heterocycles. The lowest BCUT2D eigenvalue weighted by molar-refractivity contribution is -0.139. The summed E-state index contributed by atoms with van der Waals surface area (Å²) in [4.78, 5) is 30.4. The third kappa shape index (κ3) is 3.79. The predicted octanol–water partition coefficient (Wildman–Crippen LogP) is 5.02. The second kappa shape index (κ2) is 7.88. The van der Waals surface area contributed by atoms with Gasteiger partial charge in [-0.1, -0.05) is 18.2 Å². The fraction of sp³-hybridized carbons (Fsp3) is 0.0500. The SMILES string of the molecule is O=C(O)COc1c(C(=O)O)sc(-c2cccc(-c3nc4cc(F)ccc4[nH]3)c2)c1Br. The van der Waals surface area contributed by atoms with Crippen LogP contribution in [0.25, 0.3) is 32.9 Å². The zero-order valence-corrected chi connectivity index (χ0v) is 17.4. The van der Waals surface area contributed by atoms with Gasteiger partial charge >= 0.3 is 11.9 Å². The van der Waals surface area contributed by atoms with Gasteiger partial charge in [-0.15, -0.1) is 11.3 Å². The fourth-order valence-electron chi connectivity index (χ4n) is 2.91. The second-order valence-electron chi connectivity index (χ2n) is 6.22. The molecule has 0 amide bonds. The topological polar surface area (TPSA) is 113 Å². The molecule has 0 fully saturated rings. The molecule has 0 atom stereocenters. The number of nitrogens with zero attached hydrogens (tertiary/aromatic N) is 1. The van der Waals surface area contributed by atoms with E-state index in [1.54, 1.807) is 24.3 Å². The zero-order chi connectivity index (χ0) is 21.4. The Morgan fingerprint density at radius 2 is 1.93 bits per heavy atom. The first kappa shape index (κ1) is 20.0. The van der Waals surface area contributed by atoms with Crippen LogP contribution in [0.2, 0.25) is 0 Å². The number of carboxylic acid groups (broad SMARTS) is 2. The third-order valence-corrected chi connectivity index (χ3v) is 6.41. The van der Waals surface area contributed by atoms with E-state index in [2.05, 4.69) is 25.9 Å². The number of carboxylic acids is 2. The smallest absolute Gasteiger partial charge is 0.349 e. The van der Waals surface area contributed by atoms with Gasteiger partial charge in [0, 0.05) is 11.6 Å². The van der Waals surface area contributed by atoms with Gasteiger partial charge in [-0.25, -0.2) is 19.0 Å². The number of aromatic carboxylic acids is 1. The molecule has 0 bridgehead atoms. The molecule has 0 spiro atoms. The lowest BCUT2D eigenvalue weighted by atomic mass is 10.1. The summed E-state index contributed by atoms with van der Waals surface area (Å²) < 4.78 is 19.0. The minimum Gasteiger partial charge on any atom is -0.479 e. The van der Waals surface area contributed by atoms with Crippen molar-refractivity contribution in [1.29, 1.82) is 0 Å². The van der Waals surface area contributed by atoms with Gasteiger partial charge in [0.15, 0.2) is 17.2 Å². The summed E-state index contributed by atoms with van der Waals surface area (Å²) in [6.45, 7) is -0.662. The summed E-state index contributed by atoms with van der Waals surface area (Å²) in [5.74, 6) is -2.32. The number of hydrogen-bond donors (Lipinski definition) is 3. The molecule has 0 unspecified atom stereocenters. The van der Waals surface area contributed by atoms with Crippen LogP contribution in [0.5, 0.6) is 5.75 Å². The summed E-state index contributed by atoms with van der Waals surface area (Å²) in [5.41, 5.74) is 2.58. The van der Waals surface area contributed by atoms with Crippen LogP contribution in [-0.4, -0.2) is 38.7 Å².